The number of amides is 2. The number of nitrogens with one attached hydrogen (secondary N) is 4. The predicted molar refractivity (Wildman–Crippen MR) is 255 cm³/mol. The lowest BCUT2D eigenvalue weighted by Gasteiger charge is -2.18. The summed E-state index contributed by atoms with van der Waals surface area (Å²) in [6.45, 7) is 0.935. The minimum absolute atomic E-state index is 0.0378. The molecule has 0 aliphatic carbocycles. The number of anilines is 2. The fourth-order valence-electron chi connectivity index (χ4n) is 6.25. The third-order valence-electron chi connectivity index (χ3n) is 9.41. The summed E-state index contributed by atoms with van der Waals surface area (Å²) in [5, 5.41) is 41.4. The first-order chi connectivity index (χ1) is 32.0. The summed E-state index contributed by atoms with van der Waals surface area (Å²) in [5.41, 5.74) is 9.42. The molecule has 0 aliphatic rings. The van der Waals surface area contributed by atoms with Gasteiger partial charge in [-0.15, -0.1) is 32.9 Å². The van der Waals surface area contributed by atoms with Gasteiger partial charge in [-0.2, -0.15) is 10.2 Å². The van der Waals surface area contributed by atoms with E-state index in [1.54, 1.807) is 60.7 Å². The van der Waals surface area contributed by atoms with Crippen molar-refractivity contribution in [3.05, 3.63) is 115 Å². The molecule has 8 aromatic rings. The zero-order chi connectivity index (χ0) is 46.2. The summed E-state index contributed by atoms with van der Waals surface area (Å²) >= 11 is 28.3. The van der Waals surface area contributed by atoms with Crippen LogP contribution in [0.15, 0.2) is 85.2 Å². The molecule has 2 unspecified atom stereocenters. The third-order valence-corrected chi connectivity index (χ3v) is 12.7. The summed E-state index contributed by atoms with van der Waals surface area (Å²) < 4.78 is 13.5. The Bertz CT molecular complexity index is 2800. The Labute approximate surface area is 403 Å². The first kappa shape index (κ1) is 46.4. The number of hydrogen-bond acceptors (Lipinski definition) is 18. The van der Waals surface area contributed by atoms with Crippen LogP contribution in [0.5, 0.6) is 11.5 Å². The fraction of sp³-hybridized carbons (Fsp3) is 0.190. The normalized spacial score (nSPS) is 12.2. The molecule has 4 aromatic heterocycles. The quantitative estimate of drug-likeness (QED) is 0.0455. The topological polar surface area (TPSA) is 250 Å². The number of carbonyl (C=O) groups is 2. The second kappa shape index (κ2) is 21.5. The Morgan fingerprint density at radius 2 is 1.08 bits per heavy atom. The molecule has 18 nitrogen and oxygen atoms in total. The number of aliphatic hydroxyl groups is 1. The van der Waals surface area contributed by atoms with Crippen molar-refractivity contribution in [3.63, 3.8) is 0 Å². The van der Waals surface area contributed by atoms with Crippen molar-refractivity contribution in [2.75, 3.05) is 36.9 Å². The van der Waals surface area contributed by atoms with Crippen LogP contribution in [0.2, 0.25) is 20.1 Å². The number of hydrogen-bond donors (Lipinski definition) is 6. The van der Waals surface area contributed by atoms with Crippen LogP contribution in [0.4, 0.5) is 11.9 Å². The SMILES string of the molecule is NC(C(=O)NCCOc1ccc2sc(CNc3nncc(-c4c(Cl)cccc4Cl)n3)nc2c1)C(O)C(=O)NCCOc1ccc2sc(CNc3nncc(-c4c(Cl)cccc4Cl)n3)nc2c1. The van der Waals surface area contributed by atoms with E-state index in [1.807, 2.05) is 12.1 Å². The van der Waals surface area contributed by atoms with Crippen molar-refractivity contribution in [2.24, 2.45) is 5.73 Å². The van der Waals surface area contributed by atoms with Crippen molar-refractivity contribution < 1.29 is 24.2 Å². The van der Waals surface area contributed by atoms with Crippen LogP contribution in [0, 0.1) is 0 Å². The molecule has 2 amide bonds. The molecular weight excluding hydrogens is 972 g/mol. The van der Waals surface area contributed by atoms with E-state index in [0.29, 0.717) is 78.2 Å². The van der Waals surface area contributed by atoms with E-state index in [2.05, 4.69) is 61.6 Å². The maximum absolute atomic E-state index is 12.7. The largest absolute Gasteiger partial charge is 0.492 e. The Kier molecular flexibility index (Phi) is 15.1. The van der Waals surface area contributed by atoms with Gasteiger partial charge >= 0.3 is 0 Å². The van der Waals surface area contributed by atoms with Crippen LogP contribution in [-0.4, -0.2) is 95.7 Å². The van der Waals surface area contributed by atoms with Crippen LogP contribution in [0.1, 0.15) is 10.0 Å². The molecule has 0 bridgehead atoms. The second-order valence-electron chi connectivity index (χ2n) is 14.0. The molecule has 8 rings (SSSR count). The van der Waals surface area contributed by atoms with Crippen LogP contribution in [-0.2, 0) is 22.7 Å². The molecule has 4 heterocycles. The number of halogens is 4. The first-order valence-electron chi connectivity index (χ1n) is 19.8. The first-order valence-corrected chi connectivity index (χ1v) is 22.9. The number of nitrogens with zero attached hydrogens (tertiary/aromatic N) is 8. The Hall–Kier alpha value is -6.10. The summed E-state index contributed by atoms with van der Waals surface area (Å²) in [6.07, 6.45) is 1.17. The van der Waals surface area contributed by atoms with Crippen molar-refractivity contribution in [1.82, 2.24) is 51.0 Å². The van der Waals surface area contributed by atoms with Gasteiger partial charge in [-0.05, 0) is 48.5 Å². The van der Waals surface area contributed by atoms with E-state index < -0.39 is 24.0 Å². The van der Waals surface area contributed by atoms with Gasteiger partial charge in [-0.3, -0.25) is 9.59 Å². The van der Waals surface area contributed by atoms with Gasteiger partial charge in [0, 0.05) is 23.3 Å². The summed E-state index contributed by atoms with van der Waals surface area (Å²) in [5.74, 6) is 0.0676. The molecule has 0 spiro atoms. The third kappa shape index (κ3) is 11.5. The van der Waals surface area contributed by atoms with Gasteiger partial charge in [0.05, 0.1) is 90.5 Å². The number of thiazole rings is 2. The highest BCUT2D eigenvalue weighted by molar-refractivity contribution is 7.18. The Morgan fingerprint density at radius 1 is 0.636 bits per heavy atom. The number of ether oxygens (including phenoxy) is 2. The highest BCUT2D eigenvalue weighted by atomic mass is 35.5. The molecule has 7 N–H and O–H groups in total. The molecule has 24 heteroatoms. The van der Waals surface area contributed by atoms with Crippen LogP contribution >= 0.6 is 69.1 Å². The monoisotopic (exact) mass is 1010 g/mol. The molecule has 66 heavy (non-hydrogen) atoms. The lowest BCUT2D eigenvalue weighted by atomic mass is 10.1. The zero-order valence-corrected chi connectivity index (χ0v) is 38.7. The Morgan fingerprint density at radius 3 is 1.53 bits per heavy atom. The summed E-state index contributed by atoms with van der Waals surface area (Å²) in [4.78, 5) is 43.6. The van der Waals surface area contributed by atoms with E-state index in [1.165, 1.54) is 35.1 Å². The molecule has 338 valence electrons. The fourth-order valence-corrected chi connectivity index (χ4v) is 9.20. The van der Waals surface area contributed by atoms with Crippen LogP contribution in [0.3, 0.4) is 0 Å². The average molecular weight is 1010 g/mol. The van der Waals surface area contributed by atoms with Gasteiger partial charge in [0.15, 0.2) is 6.10 Å². The summed E-state index contributed by atoms with van der Waals surface area (Å²) in [6, 6.07) is 19.7. The standard InChI is InChI=1S/C42H35Cl4N13O5S2/c43-23-3-1-4-24(44)35(23)29-17-52-58-41(56-29)50-19-33-54-27-15-21(7-9-31(27)65-33)63-13-11-48-39(61)37(47)38(60)40(62)49-12-14-64-22-8-10-32-28(16-22)55-34(66-32)20-51-42-57-30(18-53-59-42)36-25(45)5-2-6-26(36)46/h1-10,15-18,37-38,60H,11-14,19-20,47H2,(H,48,61)(H,49,62)(H,50,56,58)(H,51,57,59). The minimum atomic E-state index is -1.80. The van der Waals surface area contributed by atoms with E-state index in [0.717, 1.165) is 19.4 Å². The molecule has 0 fully saturated rings. The van der Waals surface area contributed by atoms with Crippen molar-refractivity contribution in [1.29, 1.82) is 0 Å². The number of aromatic nitrogens is 8. The van der Waals surface area contributed by atoms with E-state index in [-0.39, 0.29) is 38.2 Å². The van der Waals surface area contributed by atoms with Gasteiger partial charge in [0.2, 0.25) is 17.8 Å². The van der Waals surface area contributed by atoms with Gasteiger partial charge in [0.1, 0.15) is 40.8 Å². The number of rotatable bonds is 19. The second-order valence-corrected chi connectivity index (χ2v) is 17.8. The maximum Gasteiger partial charge on any atom is 0.251 e. The van der Waals surface area contributed by atoms with Crippen LogP contribution < -0.4 is 36.5 Å². The molecule has 0 saturated heterocycles. The number of benzene rings is 4. The molecular formula is C42H35Cl4N13O5S2. The van der Waals surface area contributed by atoms with E-state index >= 15 is 0 Å². The number of fused-ring (bicyclic) bond motifs is 2. The predicted octanol–water partition coefficient (Wildman–Crippen LogP) is 6.83. The molecule has 0 saturated carbocycles. The highest BCUT2D eigenvalue weighted by Crippen LogP contribution is 2.35. The van der Waals surface area contributed by atoms with Gasteiger partial charge in [0.25, 0.3) is 5.91 Å². The van der Waals surface area contributed by atoms with E-state index in [9.17, 15) is 14.7 Å². The van der Waals surface area contributed by atoms with Crippen molar-refractivity contribution in [2.45, 2.75) is 25.2 Å². The Balaban J connectivity index is 0.733. The maximum atomic E-state index is 12.7. The summed E-state index contributed by atoms with van der Waals surface area (Å²) in [7, 11) is 0. The lowest BCUT2D eigenvalue weighted by molar-refractivity contribution is -0.136. The van der Waals surface area contributed by atoms with Gasteiger partial charge < -0.3 is 41.6 Å². The number of carbonyl (C=O) groups excluding carboxylic acids is 2. The lowest BCUT2D eigenvalue weighted by Crippen LogP contribution is -2.54. The molecule has 0 aliphatic heterocycles. The minimum Gasteiger partial charge on any atom is -0.492 e. The number of aliphatic hydroxyl groups excluding tert-OH is 1. The molecule has 4 aromatic carbocycles. The van der Waals surface area contributed by atoms with Gasteiger partial charge in [-0.25, -0.2) is 19.9 Å². The van der Waals surface area contributed by atoms with Crippen LogP contribution in [0.25, 0.3) is 42.9 Å². The smallest absolute Gasteiger partial charge is 0.251 e. The average Bonchev–Trinajstić information content (AvgIpc) is 3.93. The van der Waals surface area contributed by atoms with E-state index in [4.69, 9.17) is 61.6 Å². The van der Waals surface area contributed by atoms with Gasteiger partial charge in [-0.1, -0.05) is 58.5 Å². The van der Waals surface area contributed by atoms with Crippen molar-refractivity contribution in [3.8, 4) is 34.0 Å². The van der Waals surface area contributed by atoms with Crippen molar-refractivity contribution >= 4 is 113 Å². The number of nitrogens with two attached hydrogens (primary N) is 1. The molecule has 0 radical (unpaired) electrons. The molecule has 2 atom stereocenters. The zero-order valence-electron chi connectivity index (χ0n) is 34.0. The highest BCUT2D eigenvalue weighted by Gasteiger charge is 2.28.